The minimum atomic E-state index is -0.128. The van der Waals surface area contributed by atoms with E-state index in [1.54, 1.807) is 12.4 Å². The fraction of sp³-hybridized carbons (Fsp3) is 0.267. The zero-order valence-corrected chi connectivity index (χ0v) is 22.1. The Labute approximate surface area is 223 Å². The number of anilines is 3. The number of amides is 1. The molecular formula is C30H33N7O. The number of carbonyl (C=O) groups excluding carboxylic acids is 1. The second kappa shape index (κ2) is 11.4. The van der Waals surface area contributed by atoms with Gasteiger partial charge in [-0.3, -0.25) is 9.78 Å². The van der Waals surface area contributed by atoms with Gasteiger partial charge < -0.3 is 20.4 Å². The molecule has 0 bridgehead atoms. The van der Waals surface area contributed by atoms with Gasteiger partial charge in [-0.15, -0.1) is 0 Å². The molecule has 1 aliphatic heterocycles. The van der Waals surface area contributed by atoms with E-state index >= 15 is 0 Å². The number of hydrogen-bond acceptors (Lipinski definition) is 7. The van der Waals surface area contributed by atoms with E-state index < -0.39 is 0 Å². The number of benzene rings is 2. The van der Waals surface area contributed by atoms with Crippen LogP contribution in [0.1, 0.15) is 34.5 Å². The fourth-order valence-electron chi connectivity index (χ4n) is 4.52. The summed E-state index contributed by atoms with van der Waals surface area (Å²) in [6.07, 6.45) is 5.34. The number of hydrogen-bond donors (Lipinski definition) is 2. The maximum absolute atomic E-state index is 12.7. The molecule has 0 saturated carbocycles. The van der Waals surface area contributed by atoms with Crippen molar-refractivity contribution >= 4 is 23.2 Å². The lowest BCUT2D eigenvalue weighted by Crippen LogP contribution is -2.44. The van der Waals surface area contributed by atoms with Gasteiger partial charge in [0.15, 0.2) is 0 Å². The number of pyridine rings is 1. The fourth-order valence-corrected chi connectivity index (χ4v) is 4.52. The molecule has 1 fully saturated rings. The number of carbonyl (C=O) groups is 1. The number of nitrogens with zero attached hydrogens (tertiary/aromatic N) is 5. The molecule has 0 aliphatic carbocycles. The van der Waals surface area contributed by atoms with Crippen LogP contribution < -0.4 is 15.5 Å². The van der Waals surface area contributed by atoms with Crippen molar-refractivity contribution in [3.8, 4) is 11.3 Å². The second-order valence-corrected chi connectivity index (χ2v) is 9.80. The van der Waals surface area contributed by atoms with E-state index in [1.807, 2.05) is 61.7 Å². The molecule has 1 aliphatic rings. The van der Waals surface area contributed by atoms with Crippen molar-refractivity contribution in [2.24, 2.45) is 0 Å². The standard InChI is InChI=1S/C30H33N7O/c1-21-6-4-8-24(16-21)30(38)34-26-9-5-7-23(17-26)22(2)33-28-20-31-19-27(35-28)25-10-11-29(32-18-25)37-14-12-36(3)13-15-37/h4-11,16-20,22H,12-15H2,1-3H3,(H,33,35)(H,34,38). The van der Waals surface area contributed by atoms with E-state index in [1.165, 1.54) is 0 Å². The molecule has 8 nitrogen and oxygen atoms in total. The number of likely N-dealkylation sites (N-methyl/N-ethyl adjacent to an activating group) is 1. The summed E-state index contributed by atoms with van der Waals surface area (Å²) in [6, 6.07) is 19.5. The average Bonchev–Trinajstić information content (AvgIpc) is 2.94. The lowest BCUT2D eigenvalue weighted by molar-refractivity contribution is 0.102. The predicted octanol–water partition coefficient (Wildman–Crippen LogP) is 5.02. The van der Waals surface area contributed by atoms with Crippen molar-refractivity contribution in [1.82, 2.24) is 19.9 Å². The molecule has 2 aromatic heterocycles. The van der Waals surface area contributed by atoms with Gasteiger partial charge in [0.1, 0.15) is 11.6 Å². The van der Waals surface area contributed by atoms with Gasteiger partial charge in [0, 0.05) is 49.2 Å². The van der Waals surface area contributed by atoms with Crippen molar-refractivity contribution < 1.29 is 4.79 Å². The van der Waals surface area contributed by atoms with Crippen LogP contribution in [0, 0.1) is 6.92 Å². The summed E-state index contributed by atoms with van der Waals surface area (Å²) in [7, 11) is 2.15. The van der Waals surface area contributed by atoms with Crippen LogP contribution in [0.2, 0.25) is 0 Å². The molecule has 1 saturated heterocycles. The normalized spacial score (nSPS) is 14.7. The summed E-state index contributed by atoms with van der Waals surface area (Å²) in [5.41, 5.74) is 5.15. The average molecular weight is 508 g/mol. The van der Waals surface area contributed by atoms with E-state index in [4.69, 9.17) is 4.98 Å². The molecule has 0 radical (unpaired) electrons. The number of aryl methyl sites for hydroxylation is 1. The van der Waals surface area contributed by atoms with E-state index in [0.717, 1.165) is 60.1 Å². The van der Waals surface area contributed by atoms with Crippen LogP contribution in [-0.2, 0) is 0 Å². The number of aromatic nitrogens is 3. The van der Waals surface area contributed by atoms with Gasteiger partial charge in [0.2, 0.25) is 0 Å². The molecule has 0 spiro atoms. The highest BCUT2D eigenvalue weighted by Crippen LogP contribution is 2.24. The van der Waals surface area contributed by atoms with Crippen LogP contribution in [0.25, 0.3) is 11.3 Å². The highest BCUT2D eigenvalue weighted by atomic mass is 16.1. The molecule has 194 valence electrons. The van der Waals surface area contributed by atoms with Gasteiger partial charge >= 0.3 is 0 Å². The molecule has 8 heteroatoms. The summed E-state index contributed by atoms with van der Waals surface area (Å²) in [4.78, 5) is 31.2. The molecule has 2 aromatic carbocycles. The number of rotatable bonds is 7. The monoisotopic (exact) mass is 507 g/mol. The first-order valence-electron chi connectivity index (χ1n) is 12.9. The molecule has 38 heavy (non-hydrogen) atoms. The van der Waals surface area contributed by atoms with E-state index in [9.17, 15) is 4.79 Å². The molecule has 1 unspecified atom stereocenters. The molecule has 2 N–H and O–H groups in total. The van der Waals surface area contributed by atoms with Crippen LogP contribution in [0.4, 0.5) is 17.3 Å². The molecule has 1 atom stereocenters. The maximum atomic E-state index is 12.7. The Balaban J connectivity index is 1.24. The summed E-state index contributed by atoms with van der Waals surface area (Å²) >= 11 is 0. The quantitative estimate of drug-likeness (QED) is 0.363. The zero-order valence-electron chi connectivity index (χ0n) is 22.1. The van der Waals surface area contributed by atoms with Gasteiger partial charge in [-0.1, -0.05) is 29.8 Å². The number of piperazine rings is 1. The van der Waals surface area contributed by atoms with Crippen LogP contribution >= 0.6 is 0 Å². The largest absolute Gasteiger partial charge is 0.362 e. The maximum Gasteiger partial charge on any atom is 0.255 e. The van der Waals surface area contributed by atoms with Gasteiger partial charge in [-0.25, -0.2) is 9.97 Å². The van der Waals surface area contributed by atoms with Crippen LogP contribution in [0.3, 0.4) is 0 Å². The van der Waals surface area contributed by atoms with Crippen LogP contribution in [0.5, 0.6) is 0 Å². The lowest BCUT2D eigenvalue weighted by atomic mass is 10.1. The van der Waals surface area contributed by atoms with Crippen molar-refractivity contribution in [3.05, 3.63) is 95.9 Å². The third-order valence-electron chi connectivity index (χ3n) is 6.79. The van der Waals surface area contributed by atoms with Gasteiger partial charge in [-0.05, 0) is 62.9 Å². The van der Waals surface area contributed by atoms with Crippen LogP contribution in [-0.4, -0.2) is 59.0 Å². The molecule has 5 rings (SSSR count). The van der Waals surface area contributed by atoms with E-state index in [0.29, 0.717) is 11.4 Å². The third kappa shape index (κ3) is 6.15. The summed E-state index contributed by atoms with van der Waals surface area (Å²) in [5, 5.41) is 6.43. The predicted molar refractivity (Wildman–Crippen MR) is 153 cm³/mol. The Hall–Kier alpha value is -4.30. The molecule has 1 amide bonds. The van der Waals surface area contributed by atoms with Gasteiger partial charge in [-0.2, -0.15) is 0 Å². The molecule has 4 aromatic rings. The first-order chi connectivity index (χ1) is 18.4. The minimum Gasteiger partial charge on any atom is -0.362 e. The van der Waals surface area contributed by atoms with Gasteiger partial charge in [0.25, 0.3) is 5.91 Å². The summed E-state index contributed by atoms with van der Waals surface area (Å²) in [6.45, 7) is 8.09. The zero-order chi connectivity index (χ0) is 26.5. The smallest absolute Gasteiger partial charge is 0.255 e. The topological polar surface area (TPSA) is 86.3 Å². The lowest BCUT2D eigenvalue weighted by Gasteiger charge is -2.33. The first-order valence-corrected chi connectivity index (χ1v) is 12.9. The Morgan fingerprint density at radius 1 is 0.947 bits per heavy atom. The minimum absolute atomic E-state index is 0.0481. The Bertz CT molecular complexity index is 1400. The highest BCUT2D eigenvalue weighted by Gasteiger charge is 2.16. The molecule has 3 heterocycles. The van der Waals surface area contributed by atoms with Gasteiger partial charge in [0.05, 0.1) is 24.1 Å². The Kier molecular flexibility index (Phi) is 7.60. The summed E-state index contributed by atoms with van der Waals surface area (Å²) < 4.78 is 0. The van der Waals surface area contributed by atoms with Crippen molar-refractivity contribution in [2.75, 3.05) is 48.8 Å². The Morgan fingerprint density at radius 2 is 1.76 bits per heavy atom. The summed E-state index contributed by atoms with van der Waals surface area (Å²) in [5.74, 6) is 1.54. The van der Waals surface area contributed by atoms with Crippen molar-refractivity contribution in [3.63, 3.8) is 0 Å². The van der Waals surface area contributed by atoms with E-state index in [2.05, 4.69) is 56.5 Å². The van der Waals surface area contributed by atoms with Crippen LogP contribution in [0.15, 0.2) is 79.3 Å². The highest BCUT2D eigenvalue weighted by molar-refractivity contribution is 6.04. The Morgan fingerprint density at radius 3 is 2.53 bits per heavy atom. The van der Waals surface area contributed by atoms with Crippen molar-refractivity contribution in [2.45, 2.75) is 19.9 Å². The third-order valence-corrected chi connectivity index (χ3v) is 6.79. The first kappa shape index (κ1) is 25.4. The van der Waals surface area contributed by atoms with Crippen molar-refractivity contribution in [1.29, 1.82) is 0 Å². The molecular weight excluding hydrogens is 474 g/mol. The number of nitrogens with one attached hydrogen (secondary N) is 2. The second-order valence-electron chi connectivity index (χ2n) is 9.80. The van der Waals surface area contributed by atoms with E-state index in [-0.39, 0.29) is 11.9 Å². The SMILES string of the molecule is Cc1cccc(C(=O)Nc2cccc(C(C)Nc3cncc(-c4ccc(N5CCN(C)CC5)nc4)n3)c2)c1.